The standard InChI is InChI=1S/C22H23FN2/c1-4-5-6-7-16-8-11-21-20(12-16)19-13-17(23)9-10-18(19)22-24-14(2)15(3)25(21)22/h8-13H,4-7H2,1-3H3. The van der Waals surface area contributed by atoms with Gasteiger partial charge in [0, 0.05) is 16.5 Å². The largest absolute Gasteiger partial charge is 0.296 e. The van der Waals surface area contributed by atoms with Crippen LogP contribution < -0.4 is 0 Å². The van der Waals surface area contributed by atoms with E-state index in [1.165, 1.54) is 30.9 Å². The lowest BCUT2D eigenvalue weighted by molar-refractivity contribution is 0.630. The molecule has 2 aromatic heterocycles. The lowest BCUT2D eigenvalue weighted by Crippen LogP contribution is -1.95. The molecule has 0 saturated heterocycles. The van der Waals surface area contributed by atoms with E-state index >= 15 is 0 Å². The van der Waals surface area contributed by atoms with E-state index in [4.69, 9.17) is 4.98 Å². The van der Waals surface area contributed by atoms with Crippen LogP contribution in [0, 0.1) is 19.7 Å². The minimum atomic E-state index is -0.200. The molecule has 0 fully saturated rings. The Bertz CT molecular complexity index is 1090. The highest BCUT2D eigenvalue weighted by Crippen LogP contribution is 2.32. The molecule has 0 aliphatic rings. The number of hydrogen-bond donors (Lipinski definition) is 0. The molecule has 2 nitrogen and oxygen atoms in total. The third kappa shape index (κ3) is 2.58. The number of pyridine rings is 1. The van der Waals surface area contributed by atoms with E-state index in [0.717, 1.165) is 45.1 Å². The Morgan fingerprint density at radius 2 is 1.80 bits per heavy atom. The maximum Gasteiger partial charge on any atom is 0.145 e. The number of benzene rings is 2. The van der Waals surface area contributed by atoms with Gasteiger partial charge in [0.2, 0.25) is 0 Å². The van der Waals surface area contributed by atoms with Gasteiger partial charge in [-0.1, -0.05) is 25.8 Å². The van der Waals surface area contributed by atoms with Gasteiger partial charge in [-0.3, -0.25) is 4.40 Å². The summed E-state index contributed by atoms with van der Waals surface area (Å²) in [5, 5.41) is 3.07. The molecule has 0 aliphatic heterocycles. The minimum Gasteiger partial charge on any atom is -0.296 e. The maximum atomic E-state index is 14.0. The van der Waals surface area contributed by atoms with Gasteiger partial charge in [-0.25, -0.2) is 9.37 Å². The number of fused-ring (bicyclic) bond motifs is 6. The van der Waals surface area contributed by atoms with Crippen LogP contribution >= 0.6 is 0 Å². The molecular formula is C22H23FN2. The van der Waals surface area contributed by atoms with Gasteiger partial charge in [-0.2, -0.15) is 0 Å². The molecule has 0 aliphatic carbocycles. The summed E-state index contributed by atoms with van der Waals surface area (Å²) in [5.74, 6) is -0.200. The summed E-state index contributed by atoms with van der Waals surface area (Å²) in [7, 11) is 0. The average molecular weight is 334 g/mol. The summed E-state index contributed by atoms with van der Waals surface area (Å²) in [6.45, 7) is 6.35. The summed E-state index contributed by atoms with van der Waals surface area (Å²) in [5.41, 5.74) is 5.50. The predicted octanol–water partition coefficient (Wildman–Crippen LogP) is 6.13. The van der Waals surface area contributed by atoms with Crippen molar-refractivity contribution in [3.63, 3.8) is 0 Å². The smallest absolute Gasteiger partial charge is 0.145 e. The Labute approximate surface area is 147 Å². The molecule has 2 heterocycles. The molecule has 0 spiro atoms. The summed E-state index contributed by atoms with van der Waals surface area (Å²) < 4.78 is 16.2. The second-order valence-corrected chi connectivity index (χ2v) is 6.94. The molecule has 0 N–H and O–H groups in total. The number of rotatable bonds is 4. The van der Waals surface area contributed by atoms with Gasteiger partial charge in [0.1, 0.15) is 11.5 Å². The summed E-state index contributed by atoms with van der Waals surface area (Å²) in [6.07, 6.45) is 4.72. The van der Waals surface area contributed by atoms with Crippen molar-refractivity contribution in [3.8, 4) is 0 Å². The molecule has 4 rings (SSSR count). The van der Waals surface area contributed by atoms with Crippen molar-refractivity contribution in [2.24, 2.45) is 0 Å². The first-order valence-electron chi connectivity index (χ1n) is 9.09. The fourth-order valence-electron chi connectivity index (χ4n) is 3.75. The van der Waals surface area contributed by atoms with Crippen molar-refractivity contribution < 1.29 is 4.39 Å². The topological polar surface area (TPSA) is 17.3 Å². The van der Waals surface area contributed by atoms with Crippen molar-refractivity contribution in [1.82, 2.24) is 9.38 Å². The number of aryl methyl sites for hydroxylation is 3. The molecule has 0 amide bonds. The Hall–Kier alpha value is -2.42. The van der Waals surface area contributed by atoms with E-state index in [0.29, 0.717) is 0 Å². The molecule has 0 unspecified atom stereocenters. The molecular weight excluding hydrogens is 311 g/mol. The number of aromatic nitrogens is 2. The highest BCUT2D eigenvalue weighted by molar-refractivity contribution is 6.12. The van der Waals surface area contributed by atoms with Gasteiger partial charge in [0.15, 0.2) is 0 Å². The van der Waals surface area contributed by atoms with Crippen molar-refractivity contribution >= 4 is 27.3 Å². The summed E-state index contributed by atoms with van der Waals surface area (Å²) in [4.78, 5) is 4.74. The van der Waals surface area contributed by atoms with E-state index in [1.54, 1.807) is 6.07 Å². The van der Waals surface area contributed by atoms with Gasteiger partial charge < -0.3 is 0 Å². The van der Waals surface area contributed by atoms with Gasteiger partial charge in [0.25, 0.3) is 0 Å². The minimum absolute atomic E-state index is 0.200. The van der Waals surface area contributed by atoms with Crippen LogP contribution in [0.2, 0.25) is 0 Å². The van der Waals surface area contributed by atoms with Crippen molar-refractivity contribution in [2.75, 3.05) is 0 Å². The molecule has 128 valence electrons. The summed E-state index contributed by atoms with van der Waals surface area (Å²) >= 11 is 0. The molecule has 2 aromatic carbocycles. The predicted molar refractivity (Wildman–Crippen MR) is 103 cm³/mol. The lowest BCUT2D eigenvalue weighted by atomic mass is 10.0. The van der Waals surface area contributed by atoms with E-state index in [2.05, 4.69) is 36.4 Å². The first-order valence-corrected chi connectivity index (χ1v) is 9.09. The quantitative estimate of drug-likeness (QED) is 0.324. The van der Waals surface area contributed by atoms with Crippen LogP contribution in [-0.4, -0.2) is 9.38 Å². The normalized spacial score (nSPS) is 11.8. The molecule has 0 radical (unpaired) electrons. The Balaban J connectivity index is 2.07. The van der Waals surface area contributed by atoms with Crippen molar-refractivity contribution in [2.45, 2.75) is 46.5 Å². The van der Waals surface area contributed by atoms with Crippen LogP contribution in [0.15, 0.2) is 36.4 Å². The molecule has 3 heteroatoms. The average Bonchev–Trinajstić information content (AvgIpc) is 2.90. The van der Waals surface area contributed by atoms with E-state index in [9.17, 15) is 4.39 Å². The zero-order chi connectivity index (χ0) is 17.6. The zero-order valence-electron chi connectivity index (χ0n) is 15.1. The van der Waals surface area contributed by atoms with Crippen LogP contribution in [0.1, 0.15) is 43.1 Å². The number of hydrogen-bond acceptors (Lipinski definition) is 1. The third-order valence-corrected chi connectivity index (χ3v) is 5.23. The summed E-state index contributed by atoms with van der Waals surface area (Å²) in [6, 6.07) is 11.6. The van der Waals surface area contributed by atoms with E-state index in [-0.39, 0.29) is 5.82 Å². The van der Waals surface area contributed by atoms with Crippen LogP contribution in [0.4, 0.5) is 4.39 Å². The zero-order valence-corrected chi connectivity index (χ0v) is 15.1. The Morgan fingerprint density at radius 3 is 2.60 bits per heavy atom. The van der Waals surface area contributed by atoms with Crippen LogP contribution in [-0.2, 0) is 6.42 Å². The molecule has 25 heavy (non-hydrogen) atoms. The highest BCUT2D eigenvalue weighted by atomic mass is 19.1. The van der Waals surface area contributed by atoms with E-state index in [1.807, 2.05) is 13.0 Å². The Morgan fingerprint density at radius 1 is 0.960 bits per heavy atom. The third-order valence-electron chi connectivity index (χ3n) is 5.23. The molecule has 0 atom stereocenters. The maximum absolute atomic E-state index is 14.0. The van der Waals surface area contributed by atoms with Crippen LogP contribution in [0.25, 0.3) is 27.3 Å². The number of halogens is 1. The van der Waals surface area contributed by atoms with Crippen molar-refractivity contribution in [1.29, 1.82) is 0 Å². The molecule has 0 saturated carbocycles. The highest BCUT2D eigenvalue weighted by Gasteiger charge is 2.14. The van der Waals surface area contributed by atoms with Gasteiger partial charge in [0.05, 0.1) is 11.2 Å². The first-order chi connectivity index (χ1) is 12.1. The lowest BCUT2D eigenvalue weighted by Gasteiger charge is -2.11. The van der Waals surface area contributed by atoms with Crippen molar-refractivity contribution in [3.05, 3.63) is 59.2 Å². The second kappa shape index (κ2) is 6.14. The fraction of sp³-hybridized carbons (Fsp3) is 0.318. The fourth-order valence-corrected chi connectivity index (χ4v) is 3.75. The SMILES string of the molecule is CCCCCc1ccc2c(c1)c1cc(F)ccc1c1nc(C)c(C)n21. The van der Waals surface area contributed by atoms with Gasteiger partial charge >= 0.3 is 0 Å². The number of imidazole rings is 1. The monoisotopic (exact) mass is 334 g/mol. The molecule has 0 bridgehead atoms. The number of nitrogens with zero attached hydrogens (tertiary/aromatic N) is 2. The number of unbranched alkanes of at least 4 members (excludes halogenated alkanes) is 2. The second-order valence-electron chi connectivity index (χ2n) is 6.94. The Kier molecular flexibility index (Phi) is 3.95. The van der Waals surface area contributed by atoms with Gasteiger partial charge in [-0.15, -0.1) is 0 Å². The van der Waals surface area contributed by atoms with E-state index < -0.39 is 0 Å². The van der Waals surface area contributed by atoms with Gasteiger partial charge in [-0.05, 0) is 68.0 Å². The van der Waals surface area contributed by atoms with Crippen LogP contribution in [0.5, 0.6) is 0 Å². The molecule has 4 aromatic rings. The van der Waals surface area contributed by atoms with Crippen LogP contribution in [0.3, 0.4) is 0 Å². The first kappa shape index (κ1) is 16.1.